The van der Waals surface area contributed by atoms with Gasteiger partial charge in [0.25, 0.3) is 0 Å². The first-order valence-corrected chi connectivity index (χ1v) is 2.79. The topological polar surface area (TPSA) is 3.24 Å². The zero-order valence-corrected chi connectivity index (χ0v) is 8.53. The fourth-order valence-electron chi connectivity index (χ4n) is 0.428. The van der Waals surface area contributed by atoms with E-state index in [4.69, 9.17) is 0 Å². The van der Waals surface area contributed by atoms with Gasteiger partial charge in [-0.05, 0) is 20.1 Å². The number of nitrogens with zero attached hydrogens (tertiary/aromatic N) is 1. The minimum atomic E-state index is 0. The van der Waals surface area contributed by atoms with E-state index in [2.05, 4.69) is 25.8 Å². The van der Waals surface area contributed by atoms with Crippen molar-refractivity contribution in [2.75, 3.05) is 20.1 Å². The third-order valence-electron chi connectivity index (χ3n) is 1.08. The molecule has 0 N–H and O–H groups in total. The van der Waals surface area contributed by atoms with E-state index in [1.54, 1.807) is 0 Å². The van der Waals surface area contributed by atoms with Gasteiger partial charge in [0, 0.05) is 0 Å². The summed E-state index contributed by atoms with van der Waals surface area (Å²) in [4.78, 5) is 2.24. The molecule has 0 fully saturated rings. The average molecular weight is 160 g/mol. The molecule has 0 aromatic heterocycles. The molecule has 0 heterocycles. The minimum absolute atomic E-state index is 0. The van der Waals surface area contributed by atoms with Gasteiger partial charge in [-0.1, -0.05) is 6.92 Å². The molecule has 0 unspecified atom stereocenters. The van der Waals surface area contributed by atoms with Crippen molar-refractivity contribution in [3.05, 3.63) is 6.92 Å². The molecule has 0 aliphatic heterocycles. The predicted molar refractivity (Wildman–Crippen MR) is 38.9 cm³/mol. The van der Waals surface area contributed by atoms with Crippen molar-refractivity contribution in [3.8, 4) is 0 Å². The van der Waals surface area contributed by atoms with Crippen molar-refractivity contribution >= 4 is 23.1 Å². The molecule has 0 rings (SSSR count). The molecule has 0 atom stereocenters. The Hall–Kier alpha value is 1.02. The number of halogens is 1. The Morgan fingerprint density at radius 1 is 1.44 bits per heavy atom. The Bertz CT molecular complexity index is 44.0. The minimum Gasteiger partial charge on any atom is -1.00 e. The fraction of sp³-hybridized carbons (Fsp3) is 0.833. The molecule has 0 spiro atoms. The van der Waals surface area contributed by atoms with Crippen LogP contribution in [0.1, 0.15) is 13.3 Å². The molecule has 9 heavy (non-hydrogen) atoms. The third kappa shape index (κ3) is 12.3. The summed E-state index contributed by atoms with van der Waals surface area (Å²) in [6.07, 6.45) is 1.02. The van der Waals surface area contributed by atoms with Crippen molar-refractivity contribution in [3.63, 3.8) is 0 Å². The smallest absolute Gasteiger partial charge is 1.00 e. The van der Waals surface area contributed by atoms with Crippen LogP contribution in [0.25, 0.3) is 0 Å². The number of hydrogen-bond acceptors (Lipinski definition) is 1. The molecule has 0 aromatic rings. The quantitative estimate of drug-likeness (QED) is 0.334. The molecule has 1 nitrogen and oxygen atoms in total. The fourth-order valence-corrected chi connectivity index (χ4v) is 0.428. The van der Waals surface area contributed by atoms with E-state index < -0.39 is 0 Å². The molecule has 0 aliphatic rings. The molecule has 0 aliphatic carbocycles. The molecular weight excluding hydrogens is 146 g/mol. The molecule has 0 saturated heterocycles. The van der Waals surface area contributed by atoms with Gasteiger partial charge >= 0.3 is 23.1 Å². The largest absolute Gasteiger partial charge is 2.00 e. The molecule has 3 heteroatoms. The zero-order chi connectivity index (χ0) is 5.70. The Morgan fingerprint density at radius 2 is 1.89 bits per heavy atom. The van der Waals surface area contributed by atoms with Gasteiger partial charge < -0.3 is 24.2 Å². The Balaban J connectivity index is -0.000000180. The van der Waals surface area contributed by atoms with Crippen LogP contribution in [0, 0.1) is 6.92 Å². The van der Waals surface area contributed by atoms with Gasteiger partial charge in [-0.3, -0.25) is 0 Å². The van der Waals surface area contributed by atoms with Crippen LogP contribution in [0.4, 0.5) is 0 Å². The summed E-state index contributed by atoms with van der Waals surface area (Å²) < 4.78 is 0. The van der Waals surface area contributed by atoms with E-state index in [0.29, 0.717) is 0 Å². The van der Waals surface area contributed by atoms with E-state index in [0.717, 1.165) is 19.5 Å². The Morgan fingerprint density at radius 3 is 2.00 bits per heavy atom. The van der Waals surface area contributed by atoms with Crippen molar-refractivity contribution in [1.82, 2.24) is 4.90 Å². The Labute approximate surface area is 80.7 Å². The Kier molecular flexibility index (Phi) is 21.6. The van der Waals surface area contributed by atoms with Crippen molar-refractivity contribution in [1.29, 1.82) is 0 Å². The van der Waals surface area contributed by atoms with E-state index in [1.807, 2.05) is 0 Å². The van der Waals surface area contributed by atoms with Gasteiger partial charge in [-0.25, -0.2) is 0 Å². The normalized spacial score (nSPS) is 8.00. The van der Waals surface area contributed by atoms with Crippen LogP contribution in [-0.2, 0) is 0 Å². The van der Waals surface area contributed by atoms with Gasteiger partial charge in [0.1, 0.15) is 0 Å². The van der Waals surface area contributed by atoms with Crippen LogP contribution >= 0.6 is 0 Å². The van der Waals surface area contributed by atoms with E-state index in [9.17, 15) is 0 Å². The van der Waals surface area contributed by atoms with Crippen LogP contribution in [-0.4, -0.2) is 48.1 Å². The monoisotopic (exact) mass is 159 g/mol. The molecular formula is C6H14ClMgN. The van der Waals surface area contributed by atoms with Gasteiger partial charge in [-0.15, -0.1) is 0 Å². The second-order valence-electron chi connectivity index (χ2n) is 1.75. The van der Waals surface area contributed by atoms with Gasteiger partial charge in [0.15, 0.2) is 0 Å². The summed E-state index contributed by atoms with van der Waals surface area (Å²) in [5, 5.41) is 0. The van der Waals surface area contributed by atoms with Crippen LogP contribution < -0.4 is 12.4 Å². The van der Waals surface area contributed by atoms with Gasteiger partial charge in [0.2, 0.25) is 0 Å². The van der Waals surface area contributed by atoms with Crippen molar-refractivity contribution in [2.24, 2.45) is 0 Å². The van der Waals surface area contributed by atoms with Gasteiger partial charge in [0.05, 0.1) is 0 Å². The molecule has 0 saturated carbocycles. The maximum absolute atomic E-state index is 3.73. The summed E-state index contributed by atoms with van der Waals surface area (Å²) in [7, 11) is 2.10. The summed E-state index contributed by atoms with van der Waals surface area (Å²) in [6.45, 7) is 8.14. The van der Waals surface area contributed by atoms with Crippen molar-refractivity contribution in [2.45, 2.75) is 13.3 Å². The maximum Gasteiger partial charge on any atom is 2.00 e. The predicted octanol–water partition coefficient (Wildman–Crippen LogP) is -2.21. The summed E-state index contributed by atoms with van der Waals surface area (Å²) in [5.74, 6) is 0. The second-order valence-corrected chi connectivity index (χ2v) is 1.75. The van der Waals surface area contributed by atoms with Crippen LogP contribution in [0.3, 0.4) is 0 Å². The number of rotatable bonds is 3. The first-order chi connectivity index (χ1) is 3.31. The van der Waals surface area contributed by atoms with Crippen LogP contribution in [0.2, 0.25) is 0 Å². The number of hydrogen-bond donors (Lipinski definition) is 0. The van der Waals surface area contributed by atoms with E-state index in [1.165, 1.54) is 0 Å². The standard InChI is InChI=1S/C6H14N.ClH.Mg/c1-4-6-7(3)5-2;;/h1,4-6H2,2-3H3;1H;/q-1;;+2/p-1. The van der Waals surface area contributed by atoms with E-state index in [-0.39, 0.29) is 35.5 Å². The molecule has 52 valence electrons. The second kappa shape index (κ2) is 11.8. The molecule has 0 bridgehead atoms. The third-order valence-corrected chi connectivity index (χ3v) is 1.08. The molecule has 0 aromatic carbocycles. The van der Waals surface area contributed by atoms with Gasteiger partial charge in [-0.2, -0.15) is 6.42 Å². The maximum atomic E-state index is 3.73. The van der Waals surface area contributed by atoms with E-state index >= 15 is 0 Å². The van der Waals surface area contributed by atoms with Crippen LogP contribution in [0.15, 0.2) is 0 Å². The summed E-state index contributed by atoms with van der Waals surface area (Å²) in [6, 6.07) is 0. The summed E-state index contributed by atoms with van der Waals surface area (Å²) >= 11 is 0. The van der Waals surface area contributed by atoms with Crippen molar-refractivity contribution < 1.29 is 12.4 Å². The van der Waals surface area contributed by atoms with Crippen LogP contribution in [0.5, 0.6) is 0 Å². The average Bonchev–Trinajstić information content (AvgIpc) is 1.68. The first-order valence-electron chi connectivity index (χ1n) is 2.79. The zero-order valence-electron chi connectivity index (χ0n) is 6.36. The molecule has 0 amide bonds. The summed E-state index contributed by atoms with van der Waals surface area (Å²) in [5.41, 5.74) is 0. The SMILES string of the molecule is [CH2-]CCN(C)CC.[Cl-].[Mg+2]. The molecule has 0 radical (unpaired) electrons. The first kappa shape index (κ1) is 16.5.